The Hall–Kier alpha value is -3.67. The number of rotatable bonds is 10. The van der Waals surface area contributed by atoms with Crippen molar-refractivity contribution in [1.82, 2.24) is 5.32 Å². The molecule has 10 nitrogen and oxygen atoms in total. The van der Waals surface area contributed by atoms with Gasteiger partial charge in [0.05, 0.1) is 43.7 Å². The number of nitrogens with one attached hydrogen (secondary N) is 1. The highest BCUT2D eigenvalue weighted by Gasteiger charge is 2.40. The summed E-state index contributed by atoms with van der Waals surface area (Å²) in [7, 11) is 0. The number of benzene rings is 1. The molecule has 0 saturated carbocycles. The molecule has 1 aromatic rings. The van der Waals surface area contributed by atoms with Gasteiger partial charge >= 0.3 is 11.9 Å². The molecule has 0 radical (unpaired) electrons. The molecule has 0 saturated heterocycles. The van der Waals surface area contributed by atoms with Crippen molar-refractivity contribution in [2.75, 3.05) is 26.4 Å². The highest BCUT2D eigenvalue weighted by atomic mass is 35.5. The molecule has 0 bridgehead atoms. The van der Waals surface area contributed by atoms with Gasteiger partial charge in [0.25, 0.3) is 0 Å². The molecule has 1 atom stereocenters. The van der Waals surface area contributed by atoms with E-state index in [9.17, 15) is 9.59 Å². The quantitative estimate of drug-likeness (QED) is 0.184. The molecule has 1 aliphatic heterocycles. The highest BCUT2D eigenvalue weighted by Crippen LogP contribution is 2.42. The number of carbonyl (C=O) groups is 2. The fraction of sp³-hybridized carbons (Fsp3) is 0.381. The molecular formula is C21H22ClN5O5. The van der Waals surface area contributed by atoms with E-state index in [1.54, 1.807) is 38.1 Å². The van der Waals surface area contributed by atoms with Crippen LogP contribution in [0.3, 0.4) is 0 Å². The average molecular weight is 460 g/mol. The minimum atomic E-state index is -0.951. The van der Waals surface area contributed by atoms with Gasteiger partial charge in [-0.15, -0.1) is 0 Å². The van der Waals surface area contributed by atoms with Crippen molar-refractivity contribution in [3.63, 3.8) is 0 Å². The van der Waals surface area contributed by atoms with Crippen LogP contribution in [0.4, 0.5) is 0 Å². The lowest BCUT2D eigenvalue weighted by atomic mass is 9.81. The fourth-order valence-corrected chi connectivity index (χ4v) is 3.37. The summed E-state index contributed by atoms with van der Waals surface area (Å²) in [6.07, 6.45) is 0.0244. The summed E-state index contributed by atoms with van der Waals surface area (Å²) in [5.74, 6) is -2.30. The first-order chi connectivity index (χ1) is 15.5. The summed E-state index contributed by atoms with van der Waals surface area (Å²) in [6, 6.07) is 8.67. The summed E-state index contributed by atoms with van der Waals surface area (Å²) >= 11 is 6.43. The number of hydrogen-bond acceptors (Lipinski definition) is 8. The van der Waals surface area contributed by atoms with E-state index in [4.69, 9.17) is 36.6 Å². The van der Waals surface area contributed by atoms with Crippen LogP contribution in [-0.4, -0.2) is 38.3 Å². The van der Waals surface area contributed by atoms with E-state index in [1.807, 2.05) is 6.07 Å². The van der Waals surface area contributed by atoms with Crippen molar-refractivity contribution in [2.24, 2.45) is 5.11 Å². The third-order valence-corrected chi connectivity index (χ3v) is 4.75. The van der Waals surface area contributed by atoms with Crippen LogP contribution in [0.5, 0.6) is 0 Å². The second kappa shape index (κ2) is 12.2. The highest BCUT2D eigenvalue weighted by molar-refractivity contribution is 6.31. The van der Waals surface area contributed by atoms with Gasteiger partial charge in [-0.05, 0) is 31.0 Å². The molecule has 0 amide bonds. The Labute approximate surface area is 190 Å². The van der Waals surface area contributed by atoms with Gasteiger partial charge in [-0.25, -0.2) is 9.59 Å². The smallest absolute Gasteiger partial charge is 0.340 e. The number of carbonyl (C=O) groups excluding carboxylic acids is 2. The number of ether oxygens (including phenoxy) is 3. The van der Waals surface area contributed by atoms with E-state index >= 15 is 0 Å². The van der Waals surface area contributed by atoms with Crippen LogP contribution in [0.15, 0.2) is 52.1 Å². The van der Waals surface area contributed by atoms with Gasteiger partial charge in [-0.3, -0.25) is 0 Å². The fourth-order valence-electron chi connectivity index (χ4n) is 3.12. The van der Waals surface area contributed by atoms with Crippen molar-refractivity contribution >= 4 is 23.5 Å². The van der Waals surface area contributed by atoms with Gasteiger partial charge in [-0.1, -0.05) is 34.9 Å². The maximum absolute atomic E-state index is 13.0. The van der Waals surface area contributed by atoms with Gasteiger partial charge in [-0.2, -0.15) is 5.26 Å². The SMILES string of the molecule is CCOC(=O)C1=C(OCCN=[N+]=[N-])NC(C)=C(C(=O)OCCC#N)C1c1ccccc1Cl. The number of nitriles is 1. The zero-order chi connectivity index (χ0) is 23.5. The molecule has 1 heterocycles. The topological polar surface area (TPSA) is 146 Å². The summed E-state index contributed by atoms with van der Waals surface area (Å²) in [5, 5.41) is 15.4. The maximum atomic E-state index is 13.0. The standard InChI is InChI=1S/C21H22ClN5O5/c1-3-30-21(29)18-17(14-7-4-5-8-15(14)22)16(20(28)32-11-6-9-23)13(2)26-19(18)31-12-10-25-27-24/h4-5,7-8,17,26H,3,6,10-12H2,1-2H3. The third kappa shape index (κ3) is 5.94. The Kier molecular flexibility index (Phi) is 9.42. The lowest BCUT2D eigenvalue weighted by molar-refractivity contribution is -0.140. The van der Waals surface area contributed by atoms with Crippen molar-refractivity contribution < 1.29 is 23.8 Å². The van der Waals surface area contributed by atoms with Crippen LogP contribution in [0, 0.1) is 11.3 Å². The van der Waals surface area contributed by atoms with Gasteiger partial charge in [0.1, 0.15) is 12.2 Å². The lowest BCUT2D eigenvalue weighted by Gasteiger charge is -2.31. The molecule has 32 heavy (non-hydrogen) atoms. The van der Waals surface area contributed by atoms with E-state index in [2.05, 4.69) is 15.3 Å². The molecule has 1 aromatic carbocycles. The van der Waals surface area contributed by atoms with E-state index in [-0.39, 0.29) is 49.8 Å². The second-order valence-electron chi connectivity index (χ2n) is 6.43. The van der Waals surface area contributed by atoms with Crippen molar-refractivity contribution in [2.45, 2.75) is 26.2 Å². The average Bonchev–Trinajstić information content (AvgIpc) is 2.76. The summed E-state index contributed by atoms with van der Waals surface area (Å²) in [4.78, 5) is 28.6. The van der Waals surface area contributed by atoms with Crippen molar-refractivity contribution in [3.05, 3.63) is 68.0 Å². The predicted molar refractivity (Wildman–Crippen MR) is 115 cm³/mol. The molecule has 1 N–H and O–H groups in total. The van der Waals surface area contributed by atoms with Crippen LogP contribution in [0.2, 0.25) is 5.02 Å². The molecule has 0 aliphatic carbocycles. The first kappa shape index (κ1) is 24.6. The Morgan fingerprint density at radius 3 is 2.62 bits per heavy atom. The van der Waals surface area contributed by atoms with E-state index in [0.717, 1.165) is 0 Å². The summed E-state index contributed by atoms with van der Waals surface area (Å²) < 4.78 is 16.2. The summed E-state index contributed by atoms with van der Waals surface area (Å²) in [6.45, 7) is 3.28. The third-order valence-electron chi connectivity index (χ3n) is 4.41. The zero-order valence-corrected chi connectivity index (χ0v) is 18.4. The van der Waals surface area contributed by atoms with Crippen LogP contribution >= 0.6 is 11.6 Å². The van der Waals surface area contributed by atoms with Crippen LogP contribution in [0.25, 0.3) is 10.4 Å². The molecule has 1 aliphatic rings. The van der Waals surface area contributed by atoms with E-state index < -0.39 is 17.9 Å². The van der Waals surface area contributed by atoms with Gasteiger partial charge in [0, 0.05) is 15.6 Å². The van der Waals surface area contributed by atoms with E-state index in [1.165, 1.54) is 0 Å². The van der Waals surface area contributed by atoms with Gasteiger partial charge < -0.3 is 19.5 Å². The number of allylic oxidation sites excluding steroid dienone is 1. The minimum Gasteiger partial charge on any atom is -0.478 e. The van der Waals surface area contributed by atoms with Crippen molar-refractivity contribution in [3.8, 4) is 6.07 Å². The molecule has 0 spiro atoms. The van der Waals surface area contributed by atoms with Crippen molar-refractivity contribution in [1.29, 1.82) is 5.26 Å². The molecule has 2 rings (SSSR count). The Morgan fingerprint density at radius 1 is 1.25 bits per heavy atom. The first-order valence-electron chi connectivity index (χ1n) is 9.77. The van der Waals surface area contributed by atoms with Gasteiger partial charge in [0.2, 0.25) is 5.88 Å². The number of azide groups is 1. The molecular weight excluding hydrogens is 438 g/mol. The molecule has 1 unspecified atom stereocenters. The normalized spacial score (nSPS) is 15.2. The molecule has 11 heteroatoms. The Balaban J connectivity index is 2.62. The van der Waals surface area contributed by atoms with Crippen LogP contribution in [-0.2, 0) is 23.8 Å². The summed E-state index contributed by atoms with van der Waals surface area (Å²) in [5.41, 5.74) is 9.49. The maximum Gasteiger partial charge on any atom is 0.340 e. The number of hydrogen-bond donors (Lipinski definition) is 1. The van der Waals surface area contributed by atoms with Gasteiger partial charge in [0.15, 0.2) is 0 Å². The number of halogens is 1. The first-order valence-corrected chi connectivity index (χ1v) is 10.1. The Bertz CT molecular complexity index is 1020. The second-order valence-corrected chi connectivity index (χ2v) is 6.84. The zero-order valence-electron chi connectivity index (χ0n) is 17.6. The van der Waals surface area contributed by atoms with E-state index in [0.29, 0.717) is 16.3 Å². The molecule has 0 aromatic heterocycles. The number of nitrogens with zero attached hydrogens (tertiary/aromatic N) is 4. The Morgan fingerprint density at radius 2 is 1.97 bits per heavy atom. The number of dihydropyridines is 1. The van der Waals surface area contributed by atoms with Crippen LogP contribution < -0.4 is 5.32 Å². The number of esters is 2. The van der Waals surface area contributed by atoms with Crippen LogP contribution in [0.1, 0.15) is 31.7 Å². The molecule has 0 fully saturated rings. The monoisotopic (exact) mass is 459 g/mol. The lowest BCUT2D eigenvalue weighted by Crippen LogP contribution is -2.34. The predicted octanol–water partition coefficient (Wildman–Crippen LogP) is 3.86. The largest absolute Gasteiger partial charge is 0.478 e. The molecule has 168 valence electrons. The minimum absolute atomic E-state index is 0.0141.